The topological polar surface area (TPSA) is 28.2 Å². The van der Waals surface area contributed by atoms with Gasteiger partial charge in [0.1, 0.15) is 5.82 Å². The van der Waals surface area contributed by atoms with Gasteiger partial charge in [-0.1, -0.05) is 12.1 Å². The molecule has 2 aromatic rings. The third kappa shape index (κ3) is 4.92. The maximum absolute atomic E-state index is 13.9. The lowest BCUT2D eigenvalue weighted by molar-refractivity contribution is 0.325. The van der Waals surface area contributed by atoms with Crippen molar-refractivity contribution in [1.29, 1.82) is 0 Å². The minimum absolute atomic E-state index is 0.134. The molecule has 0 amide bonds. The van der Waals surface area contributed by atoms with Crippen LogP contribution >= 0.6 is 0 Å². The van der Waals surface area contributed by atoms with Gasteiger partial charge in [-0.25, -0.2) is 4.39 Å². The van der Waals surface area contributed by atoms with Gasteiger partial charge in [0.15, 0.2) is 0 Å². The van der Waals surface area contributed by atoms with Crippen LogP contribution in [0.15, 0.2) is 42.7 Å². The van der Waals surface area contributed by atoms with Crippen molar-refractivity contribution < 1.29 is 4.39 Å². The van der Waals surface area contributed by atoms with E-state index in [9.17, 15) is 4.39 Å². The lowest BCUT2D eigenvalue weighted by Gasteiger charge is -2.17. The smallest absolute Gasteiger partial charge is 0.127 e. The molecule has 0 radical (unpaired) electrons. The van der Waals surface area contributed by atoms with Gasteiger partial charge in [0.05, 0.1) is 0 Å². The molecule has 0 unspecified atom stereocenters. The van der Waals surface area contributed by atoms with Crippen LogP contribution in [-0.2, 0) is 19.5 Å². The molecule has 0 saturated carbocycles. The van der Waals surface area contributed by atoms with Gasteiger partial charge in [-0.05, 0) is 49.8 Å². The molecule has 2 rings (SSSR count). The van der Waals surface area contributed by atoms with Crippen molar-refractivity contribution in [3.8, 4) is 0 Å². The van der Waals surface area contributed by atoms with Crippen LogP contribution < -0.4 is 5.32 Å². The highest BCUT2D eigenvalue weighted by Crippen LogP contribution is 2.13. The van der Waals surface area contributed by atoms with E-state index in [1.54, 1.807) is 18.5 Å². The quantitative estimate of drug-likeness (QED) is 0.848. The molecule has 0 aliphatic heterocycles. The Hall–Kier alpha value is -1.78. The predicted molar refractivity (Wildman–Crippen MR) is 83.4 cm³/mol. The third-order valence-electron chi connectivity index (χ3n) is 3.46. The number of pyridine rings is 1. The van der Waals surface area contributed by atoms with Gasteiger partial charge in [-0.3, -0.25) is 4.98 Å². The molecule has 0 spiro atoms. The van der Waals surface area contributed by atoms with Gasteiger partial charge in [0, 0.05) is 37.6 Å². The maximum atomic E-state index is 13.9. The molecule has 112 valence electrons. The molecular formula is C17H22FN3. The van der Waals surface area contributed by atoms with Gasteiger partial charge < -0.3 is 10.2 Å². The fraction of sp³-hybridized carbons (Fsp3) is 0.353. The molecular weight excluding hydrogens is 265 g/mol. The van der Waals surface area contributed by atoms with E-state index in [2.05, 4.69) is 15.2 Å². The zero-order chi connectivity index (χ0) is 15.1. The van der Waals surface area contributed by atoms with Crippen LogP contribution in [-0.4, -0.2) is 30.5 Å². The second kappa shape index (κ2) is 7.86. The van der Waals surface area contributed by atoms with Gasteiger partial charge in [-0.15, -0.1) is 0 Å². The Bertz CT molecular complexity index is 557. The Balaban J connectivity index is 1.92. The lowest BCUT2D eigenvalue weighted by Crippen LogP contribution is -2.21. The normalized spacial score (nSPS) is 11.0. The Morgan fingerprint density at radius 3 is 2.62 bits per heavy atom. The van der Waals surface area contributed by atoms with Crippen LogP contribution in [0.4, 0.5) is 4.39 Å². The minimum Gasteiger partial charge on any atom is -0.316 e. The van der Waals surface area contributed by atoms with E-state index in [4.69, 9.17) is 0 Å². The summed E-state index contributed by atoms with van der Waals surface area (Å²) in [6.45, 7) is 2.27. The first-order valence-corrected chi connectivity index (χ1v) is 7.18. The van der Waals surface area contributed by atoms with E-state index in [1.165, 1.54) is 5.56 Å². The fourth-order valence-electron chi connectivity index (χ4n) is 2.30. The summed E-state index contributed by atoms with van der Waals surface area (Å²) < 4.78 is 13.9. The molecule has 0 aliphatic rings. The van der Waals surface area contributed by atoms with E-state index in [-0.39, 0.29) is 5.82 Å². The molecule has 1 aromatic carbocycles. The standard InChI is InChI=1S/C17H22FN3/c1-19-12-15-3-4-17(18)16(11-15)13-21(2)10-7-14-5-8-20-9-6-14/h3-6,8-9,11,19H,7,10,12-13H2,1-2H3. The van der Waals surface area contributed by atoms with E-state index in [1.807, 2.05) is 38.4 Å². The summed E-state index contributed by atoms with van der Waals surface area (Å²) in [5.41, 5.74) is 3.11. The largest absolute Gasteiger partial charge is 0.316 e. The highest BCUT2D eigenvalue weighted by molar-refractivity contribution is 5.25. The lowest BCUT2D eigenvalue weighted by atomic mass is 10.1. The summed E-state index contributed by atoms with van der Waals surface area (Å²) in [7, 11) is 3.91. The van der Waals surface area contributed by atoms with Crippen LogP contribution in [0.1, 0.15) is 16.7 Å². The predicted octanol–water partition coefficient (Wildman–Crippen LogP) is 2.61. The summed E-state index contributed by atoms with van der Waals surface area (Å²) in [5, 5.41) is 3.09. The zero-order valence-corrected chi connectivity index (χ0v) is 12.6. The highest BCUT2D eigenvalue weighted by Gasteiger charge is 2.07. The number of rotatable bonds is 7. The van der Waals surface area contributed by atoms with Crippen molar-refractivity contribution in [2.75, 3.05) is 20.6 Å². The van der Waals surface area contributed by atoms with Gasteiger partial charge in [0.2, 0.25) is 0 Å². The molecule has 0 saturated heterocycles. The van der Waals surface area contributed by atoms with Gasteiger partial charge >= 0.3 is 0 Å². The number of hydrogen-bond donors (Lipinski definition) is 1. The molecule has 0 bridgehead atoms. The summed E-state index contributed by atoms with van der Waals surface area (Å²) in [5.74, 6) is -0.134. The molecule has 4 heteroatoms. The van der Waals surface area contributed by atoms with E-state index >= 15 is 0 Å². The molecule has 21 heavy (non-hydrogen) atoms. The van der Waals surface area contributed by atoms with Crippen molar-refractivity contribution in [2.24, 2.45) is 0 Å². The van der Waals surface area contributed by atoms with Crippen LogP contribution in [0, 0.1) is 5.82 Å². The molecule has 0 fully saturated rings. The first-order valence-electron chi connectivity index (χ1n) is 7.18. The van der Waals surface area contributed by atoms with Crippen molar-refractivity contribution in [3.05, 3.63) is 65.2 Å². The summed E-state index contributed by atoms with van der Waals surface area (Å²) in [4.78, 5) is 6.15. The van der Waals surface area contributed by atoms with E-state index < -0.39 is 0 Å². The van der Waals surface area contributed by atoms with Crippen molar-refractivity contribution in [3.63, 3.8) is 0 Å². The number of halogens is 1. The number of benzene rings is 1. The number of aromatic nitrogens is 1. The molecule has 0 atom stereocenters. The Morgan fingerprint density at radius 2 is 1.90 bits per heavy atom. The number of hydrogen-bond acceptors (Lipinski definition) is 3. The number of nitrogens with one attached hydrogen (secondary N) is 1. The molecule has 1 heterocycles. The zero-order valence-electron chi connectivity index (χ0n) is 12.6. The minimum atomic E-state index is -0.134. The molecule has 3 nitrogen and oxygen atoms in total. The monoisotopic (exact) mass is 287 g/mol. The molecule has 0 aliphatic carbocycles. The van der Waals surface area contributed by atoms with Gasteiger partial charge in [0.25, 0.3) is 0 Å². The Kier molecular flexibility index (Phi) is 5.84. The van der Waals surface area contributed by atoms with Crippen molar-refractivity contribution in [2.45, 2.75) is 19.5 Å². The molecule has 1 N–H and O–H groups in total. The Labute approximate surface area is 125 Å². The SMILES string of the molecule is CNCc1ccc(F)c(CN(C)CCc2ccncc2)c1. The maximum Gasteiger partial charge on any atom is 0.127 e. The summed E-state index contributed by atoms with van der Waals surface area (Å²) in [6, 6.07) is 9.35. The first kappa shape index (κ1) is 15.6. The van der Waals surface area contributed by atoms with Crippen LogP contribution in [0.3, 0.4) is 0 Å². The second-order valence-electron chi connectivity index (χ2n) is 5.30. The van der Waals surface area contributed by atoms with E-state index in [0.29, 0.717) is 6.54 Å². The van der Waals surface area contributed by atoms with Crippen LogP contribution in [0.5, 0.6) is 0 Å². The first-order chi connectivity index (χ1) is 10.2. The second-order valence-corrected chi connectivity index (χ2v) is 5.30. The average molecular weight is 287 g/mol. The van der Waals surface area contributed by atoms with Gasteiger partial charge in [-0.2, -0.15) is 0 Å². The third-order valence-corrected chi connectivity index (χ3v) is 3.46. The average Bonchev–Trinajstić information content (AvgIpc) is 2.50. The summed E-state index contributed by atoms with van der Waals surface area (Å²) >= 11 is 0. The number of nitrogens with zero attached hydrogens (tertiary/aromatic N) is 2. The summed E-state index contributed by atoms with van der Waals surface area (Å²) in [6.07, 6.45) is 4.54. The molecule has 1 aromatic heterocycles. The number of likely N-dealkylation sites (N-methyl/N-ethyl adjacent to an activating group) is 1. The highest BCUT2D eigenvalue weighted by atomic mass is 19.1. The Morgan fingerprint density at radius 1 is 1.14 bits per heavy atom. The fourth-order valence-corrected chi connectivity index (χ4v) is 2.30. The van der Waals surface area contributed by atoms with Crippen molar-refractivity contribution >= 4 is 0 Å². The van der Waals surface area contributed by atoms with Crippen LogP contribution in [0.25, 0.3) is 0 Å². The van der Waals surface area contributed by atoms with Crippen molar-refractivity contribution in [1.82, 2.24) is 15.2 Å². The van der Waals surface area contributed by atoms with Crippen LogP contribution in [0.2, 0.25) is 0 Å². The van der Waals surface area contributed by atoms with E-state index in [0.717, 1.165) is 30.6 Å².